The lowest BCUT2D eigenvalue weighted by molar-refractivity contribution is 0.982. The summed E-state index contributed by atoms with van der Waals surface area (Å²) >= 11 is 3.31. The Morgan fingerprint density at radius 1 is 1.56 bits per heavy atom. The second-order valence-electron chi connectivity index (χ2n) is 2.12. The quantitative estimate of drug-likeness (QED) is 0.470. The van der Waals surface area contributed by atoms with Crippen LogP contribution >= 0.6 is 15.9 Å². The van der Waals surface area contributed by atoms with Crippen LogP contribution in [0.4, 0.5) is 0 Å². The minimum Gasteiger partial charge on any atom is -0.100 e. The number of rotatable bonds is 4. The second-order valence-corrected chi connectivity index (χ2v) is 2.77. The fourth-order valence-electron chi connectivity index (χ4n) is 0.511. The van der Waals surface area contributed by atoms with E-state index in [1.54, 1.807) is 0 Å². The lowest BCUT2D eigenvalue weighted by atomic mass is 10.2. The molecule has 0 fully saturated rings. The Bertz CT molecular complexity index is 103. The lowest BCUT2D eigenvalue weighted by Gasteiger charge is -1.90. The molecule has 0 amide bonds. The van der Waals surface area contributed by atoms with E-state index in [0.717, 1.165) is 18.2 Å². The number of hydrogen-bond donors (Lipinski definition) is 0. The van der Waals surface area contributed by atoms with Gasteiger partial charge in [0, 0.05) is 5.33 Å². The Morgan fingerprint density at radius 3 is 2.67 bits per heavy atom. The van der Waals surface area contributed by atoms with Crippen LogP contribution < -0.4 is 0 Å². The first-order valence-electron chi connectivity index (χ1n) is 3.12. The molecule has 0 aliphatic heterocycles. The van der Waals surface area contributed by atoms with Gasteiger partial charge in [-0.25, -0.2) is 0 Å². The summed E-state index contributed by atoms with van der Waals surface area (Å²) in [6, 6.07) is 0. The van der Waals surface area contributed by atoms with Crippen LogP contribution in [-0.4, -0.2) is 5.33 Å². The van der Waals surface area contributed by atoms with Crippen LogP contribution in [-0.2, 0) is 0 Å². The summed E-state index contributed by atoms with van der Waals surface area (Å²) in [6.45, 7) is 5.86. The molecular weight excluding hydrogens is 176 g/mol. The average Bonchev–Trinajstić information content (AvgIpc) is 1.80. The van der Waals surface area contributed by atoms with Crippen molar-refractivity contribution < 1.29 is 0 Å². The minimum absolute atomic E-state index is 0.961. The molecule has 0 nitrogen and oxygen atoms in total. The maximum absolute atomic E-state index is 3.81. The molecule has 0 atom stereocenters. The first-order chi connectivity index (χ1) is 4.27. The third kappa shape index (κ3) is 7.96. The molecule has 0 N–H and O–H groups in total. The molecule has 9 heavy (non-hydrogen) atoms. The summed E-state index contributed by atoms with van der Waals surface area (Å²) in [5.41, 5.74) is 1.26. The van der Waals surface area contributed by atoms with Gasteiger partial charge in [-0.15, -0.1) is 6.58 Å². The van der Waals surface area contributed by atoms with Crippen LogP contribution in [0.1, 0.15) is 19.8 Å². The molecule has 0 aromatic heterocycles. The summed E-state index contributed by atoms with van der Waals surface area (Å²) in [6.07, 6.45) is 6.52. The Labute approximate surface area is 65.8 Å². The predicted molar refractivity (Wildman–Crippen MR) is 47.0 cm³/mol. The summed E-state index contributed by atoms with van der Waals surface area (Å²) in [5, 5.41) is 0.961. The predicted octanol–water partition coefficient (Wildman–Crippen LogP) is 3.29. The molecule has 0 rings (SSSR count). The normalized spacial score (nSPS) is 10.4. The van der Waals surface area contributed by atoms with Gasteiger partial charge >= 0.3 is 0 Å². The van der Waals surface area contributed by atoms with Crippen LogP contribution in [0.2, 0.25) is 0 Å². The van der Waals surface area contributed by atoms with Gasteiger partial charge in [0.15, 0.2) is 0 Å². The standard InChI is InChI=1S/C8H13Br/c1-8(2)6-4-3-5-7-9/h3,5H,1,4,6-7H2,2H3/b5-3+. The van der Waals surface area contributed by atoms with E-state index in [2.05, 4.69) is 41.6 Å². The number of halogens is 1. The minimum atomic E-state index is 0.961. The fourth-order valence-corrected chi connectivity index (χ4v) is 0.775. The summed E-state index contributed by atoms with van der Waals surface area (Å²) in [7, 11) is 0. The van der Waals surface area contributed by atoms with E-state index in [4.69, 9.17) is 0 Å². The SMILES string of the molecule is C=C(C)CC/C=C/CBr. The van der Waals surface area contributed by atoms with E-state index in [0.29, 0.717) is 0 Å². The highest BCUT2D eigenvalue weighted by atomic mass is 79.9. The molecule has 0 aliphatic rings. The molecule has 0 saturated carbocycles. The molecule has 0 heterocycles. The topological polar surface area (TPSA) is 0 Å². The number of alkyl halides is 1. The van der Waals surface area contributed by atoms with Crippen LogP contribution in [0.5, 0.6) is 0 Å². The highest BCUT2D eigenvalue weighted by Crippen LogP contribution is 2.00. The smallest absolute Gasteiger partial charge is 0.0212 e. The van der Waals surface area contributed by atoms with Gasteiger partial charge in [-0.3, -0.25) is 0 Å². The number of allylic oxidation sites excluding steroid dienone is 3. The average molecular weight is 189 g/mol. The van der Waals surface area contributed by atoms with Crippen molar-refractivity contribution in [3.05, 3.63) is 24.3 Å². The van der Waals surface area contributed by atoms with Crippen molar-refractivity contribution in [2.75, 3.05) is 5.33 Å². The second kappa shape index (κ2) is 6.09. The van der Waals surface area contributed by atoms with E-state index in [1.165, 1.54) is 5.57 Å². The molecule has 0 aromatic carbocycles. The third-order valence-corrected chi connectivity index (χ3v) is 1.37. The first-order valence-corrected chi connectivity index (χ1v) is 4.25. The van der Waals surface area contributed by atoms with Crippen LogP contribution in [0.3, 0.4) is 0 Å². The summed E-state index contributed by atoms with van der Waals surface area (Å²) in [4.78, 5) is 0. The lowest BCUT2D eigenvalue weighted by Crippen LogP contribution is -1.71. The Kier molecular flexibility index (Phi) is 6.06. The van der Waals surface area contributed by atoms with Gasteiger partial charge in [0.05, 0.1) is 0 Å². The summed E-state index contributed by atoms with van der Waals surface area (Å²) < 4.78 is 0. The van der Waals surface area contributed by atoms with Crippen molar-refractivity contribution in [3.63, 3.8) is 0 Å². The largest absolute Gasteiger partial charge is 0.100 e. The van der Waals surface area contributed by atoms with Crippen LogP contribution in [0, 0.1) is 0 Å². The van der Waals surface area contributed by atoms with E-state index in [9.17, 15) is 0 Å². The third-order valence-electron chi connectivity index (χ3n) is 0.994. The first kappa shape index (κ1) is 8.96. The van der Waals surface area contributed by atoms with E-state index >= 15 is 0 Å². The zero-order valence-corrected chi connectivity index (χ0v) is 7.45. The van der Waals surface area contributed by atoms with Gasteiger partial charge in [-0.1, -0.05) is 33.7 Å². The van der Waals surface area contributed by atoms with Gasteiger partial charge in [0.2, 0.25) is 0 Å². The molecular formula is C8H13Br. The highest BCUT2D eigenvalue weighted by molar-refractivity contribution is 9.09. The molecule has 0 radical (unpaired) electrons. The monoisotopic (exact) mass is 188 g/mol. The molecule has 0 aliphatic carbocycles. The van der Waals surface area contributed by atoms with Gasteiger partial charge in [-0.2, -0.15) is 0 Å². The van der Waals surface area contributed by atoms with Crippen molar-refractivity contribution in [1.82, 2.24) is 0 Å². The molecule has 0 unspecified atom stereocenters. The maximum atomic E-state index is 3.81. The van der Waals surface area contributed by atoms with Crippen molar-refractivity contribution >= 4 is 15.9 Å². The van der Waals surface area contributed by atoms with Gasteiger partial charge < -0.3 is 0 Å². The Hall–Kier alpha value is -0.0400. The highest BCUT2D eigenvalue weighted by Gasteiger charge is 1.80. The fraction of sp³-hybridized carbons (Fsp3) is 0.500. The Morgan fingerprint density at radius 2 is 2.22 bits per heavy atom. The van der Waals surface area contributed by atoms with Gasteiger partial charge in [0.1, 0.15) is 0 Å². The van der Waals surface area contributed by atoms with E-state index in [-0.39, 0.29) is 0 Å². The van der Waals surface area contributed by atoms with Crippen molar-refractivity contribution in [2.45, 2.75) is 19.8 Å². The molecule has 52 valence electrons. The molecule has 0 bridgehead atoms. The molecule has 0 spiro atoms. The zero-order chi connectivity index (χ0) is 7.11. The summed E-state index contributed by atoms with van der Waals surface area (Å²) in [5.74, 6) is 0. The molecule has 0 aromatic rings. The van der Waals surface area contributed by atoms with E-state index in [1.807, 2.05) is 0 Å². The molecule has 0 saturated heterocycles. The van der Waals surface area contributed by atoms with Crippen molar-refractivity contribution in [3.8, 4) is 0 Å². The molecule has 1 heteroatoms. The van der Waals surface area contributed by atoms with Gasteiger partial charge in [0.25, 0.3) is 0 Å². The van der Waals surface area contributed by atoms with Crippen molar-refractivity contribution in [2.24, 2.45) is 0 Å². The van der Waals surface area contributed by atoms with Crippen LogP contribution in [0.15, 0.2) is 24.3 Å². The maximum Gasteiger partial charge on any atom is 0.0212 e. The van der Waals surface area contributed by atoms with E-state index < -0.39 is 0 Å². The van der Waals surface area contributed by atoms with Gasteiger partial charge in [-0.05, 0) is 19.8 Å². The van der Waals surface area contributed by atoms with Crippen molar-refractivity contribution in [1.29, 1.82) is 0 Å². The van der Waals surface area contributed by atoms with Crippen LogP contribution in [0.25, 0.3) is 0 Å². The number of hydrogen-bond acceptors (Lipinski definition) is 0. The Balaban J connectivity index is 3.09. The zero-order valence-electron chi connectivity index (χ0n) is 5.86.